The number of amides is 3. The molecule has 0 saturated carbocycles. The molecule has 2 saturated heterocycles. The van der Waals surface area contributed by atoms with Crippen LogP contribution in [0.15, 0.2) is 48.8 Å². The Bertz CT molecular complexity index is 1860. The van der Waals surface area contributed by atoms with Crippen LogP contribution in [-0.2, 0) is 19.8 Å². The van der Waals surface area contributed by atoms with Gasteiger partial charge in [0.1, 0.15) is 17.7 Å². The number of rotatable bonds is 8. The first-order valence-corrected chi connectivity index (χ1v) is 17.3. The molecule has 16 heteroatoms. The molecule has 4 atom stereocenters. The fourth-order valence-electron chi connectivity index (χ4n) is 6.42. The Morgan fingerprint density at radius 3 is 2.70 bits per heavy atom. The van der Waals surface area contributed by atoms with Gasteiger partial charge >= 0.3 is 13.3 Å². The third-order valence-electron chi connectivity index (χ3n) is 8.75. The SMILES string of the molecule is O=C(N[C@H]1CCCC[C@H]2CC[C@@H](C(=O)NC(CO)c3c[nH]c4ncccc34)N2C1=O)c1cc2cc(C(F)(F)P(=O)(O)O)ccc2s1. The first-order valence-electron chi connectivity index (χ1n) is 14.8. The summed E-state index contributed by atoms with van der Waals surface area (Å²) in [6.07, 6.45) is 6.87. The number of halogens is 2. The number of thiophene rings is 1. The second-order valence-corrected chi connectivity index (χ2v) is 14.4. The van der Waals surface area contributed by atoms with Crippen LogP contribution >= 0.6 is 18.9 Å². The van der Waals surface area contributed by atoms with Gasteiger partial charge in [-0.05, 0) is 61.4 Å². The molecule has 2 aliphatic rings. The monoisotopic (exact) mass is 675 g/mol. The number of hydrogen-bond donors (Lipinski definition) is 6. The van der Waals surface area contributed by atoms with Gasteiger partial charge in [0, 0.05) is 39.6 Å². The molecule has 12 nitrogen and oxygen atoms in total. The summed E-state index contributed by atoms with van der Waals surface area (Å²) in [5.74, 6) is -1.41. The lowest BCUT2D eigenvalue weighted by Gasteiger charge is -2.35. The van der Waals surface area contributed by atoms with Crippen LogP contribution in [-0.4, -0.2) is 72.2 Å². The number of hydrogen-bond acceptors (Lipinski definition) is 7. The first kappa shape index (κ1) is 32.2. The van der Waals surface area contributed by atoms with E-state index in [1.165, 1.54) is 12.1 Å². The molecule has 4 aromatic rings. The first-order chi connectivity index (χ1) is 21.9. The van der Waals surface area contributed by atoms with Gasteiger partial charge in [0.2, 0.25) is 11.8 Å². The predicted octanol–water partition coefficient (Wildman–Crippen LogP) is 3.89. The van der Waals surface area contributed by atoms with E-state index in [0.717, 1.165) is 35.3 Å². The van der Waals surface area contributed by atoms with Crippen LogP contribution in [0.3, 0.4) is 0 Å². The van der Waals surface area contributed by atoms with E-state index < -0.39 is 54.7 Å². The second-order valence-electron chi connectivity index (χ2n) is 11.6. The van der Waals surface area contributed by atoms with Gasteiger partial charge in [0.25, 0.3) is 5.91 Å². The number of pyridine rings is 1. The fourth-order valence-corrected chi connectivity index (χ4v) is 7.84. The molecule has 46 heavy (non-hydrogen) atoms. The molecule has 6 rings (SSSR count). The van der Waals surface area contributed by atoms with E-state index >= 15 is 0 Å². The van der Waals surface area contributed by atoms with E-state index in [9.17, 15) is 32.8 Å². The minimum absolute atomic E-state index is 0.132. The van der Waals surface area contributed by atoms with E-state index in [0.29, 0.717) is 48.0 Å². The number of benzene rings is 1. The Kier molecular flexibility index (Phi) is 8.72. The molecule has 1 unspecified atom stereocenters. The number of carbonyl (C=O) groups is 3. The Morgan fingerprint density at radius 1 is 1.15 bits per heavy atom. The van der Waals surface area contributed by atoms with Crippen molar-refractivity contribution in [3.05, 3.63) is 64.8 Å². The summed E-state index contributed by atoms with van der Waals surface area (Å²) in [6.45, 7) is -0.371. The van der Waals surface area contributed by atoms with Crippen LogP contribution in [0.25, 0.3) is 21.1 Å². The van der Waals surface area contributed by atoms with Gasteiger partial charge in [-0.1, -0.05) is 18.9 Å². The van der Waals surface area contributed by atoms with Gasteiger partial charge in [-0.25, -0.2) is 4.98 Å². The van der Waals surface area contributed by atoms with Gasteiger partial charge in [0.05, 0.1) is 17.5 Å². The summed E-state index contributed by atoms with van der Waals surface area (Å²) in [5.41, 5.74) is -3.99. The van der Waals surface area contributed by atoms with Crippen molar-refractivity contribution in [2.75, 3.05) is 6.61 Å². The predicted molar refractivity (Wildman–Crippen MR) is 165 cm³/mol. The van der Waals surface area contributed by atoms with Gasteiger partial charge in [-0.15, -0.1) is 11.3 Å². The highest BCUT2D eigenvalue weighted by molar-refractivity contribution is 7.52. The molecular weight excluding hydrogens is 643 g/mol. The van der Waals surface area contributed by atoms with Gasteiger partial charge in [0.15, 0.2) is 0 Å². The number of carbonyl (C=O) groups excluding carboxylic acids is 3. The average Bonchev–Trinajstić information content (AvgIpc) is 3.76. The van der Waals surface area contributed by atoms with Crippen molar-refractivity contribution >= 4 is 57.8 Å². The van der Waals surface area contributed by atoms with Crippen molar-refractivity contribution in [2.24, 2.45) is 0 Å². The van der Waals surface area contributed by atoms with Crippen LogP contribution in [0.1, 0.15) is 65.4 Å². The fraction of sp³-hybridized carbons (Fsp3) is 0.400. The molecule has 6 N–H and O–H groups in total. The number of nitrogens with zero attached hydrogens (tertiary/aromatic N) is 2. The van der Waals surface area contributed by atoms with E-state index in [4.69, 9.17) is 9.79 Å². The summed E-state index contributed by atoms with van der Waals surface area (Å²) < 4.78 is 40.3. The summed E-state index contributed by atoms with van der Waals surface area (Å²) in [6, 6.07) is 5.38. The molecule has 3 aromatic heterocycles. The highest BCUT2D eigenvalue weighted by Crippen LogP contribution is 2.59. The van der Waals surface area contributed by atoms with Crippen LogP contribution in [0, 0.1) is 0 Å². The maximum absolute atomic E-state index is 14.3. The number of fused-ring (bicyclic) bond motifs is 3. The van der Waals surface area contributed by atoms with E-state index in [1.807, 2.05) is 6.07 Å². The number of nitrogens with one attached hydrogen (secondary N) is 3. The summed E-state index contributed by atoms with van der Waals surface area (Å²) in [7, 11) is -5.77. The van der Waals surface area contributed by atoms with Crippen LogP contribution in [0.4, 0.5) is 8.78 Å². The molecule has 5 heterocycles. The number of H-pyrrole nitrogens is 1. The molecule has 2 aliphatic heterocycles. The molecule has 1 aromatic carbocycles. The third kappa shape index (κ3) is 5.93. The lowest BCUT2D eigenvalue weighted by Crippen LogP contribution is -2.56. The highest BCUT2D eigenvalue weighted by atomic mass is 32.1. The molecule has 0 spiro atoms. The standard InChI is InChI=1S/C30H32F2N5O7PS/c31-30(32,45(42,43)44)17-7-10-24-16(12-17)13-25(46-24)28(40)35-21-6-2-1-4-18-8-9-23(37(18)29(21)41)27(39)36-22(15-38)20-14-34-26-19(20)5-3-11-33-26/h3,5,7,10-14,18,21-23,38H,1-2,4,6,8-9,15H2,(H,33,34)(H,35,40)(H,36,39)(H2,42,43,44)/t18-,21-,22?,23-/m0/s1. The zero-order chi connectivity index (χ0) is 32.8. The average molecular weight is 676 g/mol. The summed E-state index contributed by atoms with van der Waals surface area (Å²) >= 11 is 0.994. The molecule has 2 fully saturated rings. The highest BCUT2D eigenvalue weighted by Gasteiger charge is 2.50. The van der Waals surface area contributed by atoms with Gasteiger partial charge in [-0.2, -0.15) is 8.78 Å². The summed E-state index contributed by atoms with van der Waals surface area (Å²) in [4.78, 5) is 68.1. The normalized spacial score (nSPS) is 21.5. The summed E-state index contributed by atoms with van der Waals surface area (Å²) in [5, 5.41) is 16.8. The number of aliphatic hydroxyl groups is 1. The van der Waals surface area contributed by atoms with Gasteiger partial charge in [-0.3, -0.25) is 18.9 Å². The van der Waals surface area contributed by atoms with Crippen LogP contribution in [0.5, 0.6) is 0 Å². The Morgan fingerprint density at radius 2 is 1.93 bits per heavy atom. The van der Waals surface area contributed by atoms with E-state index in [1.54, 1.807) is 23.4 Å². The zero-order valence-electron chi connectivity index (χ0n) is 24.4. The lowest BCUT2D eigenvalue weighted by atomic mass is 9.99. The smallest absolute Gasteiger partial charge is 0.394 e. The van der Waals surface area contributed by atoms with Crippen molar-refractivity contribution in [2.45, 2.75) is 68.4 Å². The Balaban J connectivity index is 1.19. The molecule has 244 valence electrons. The lowest BCUT2D eigenvalue weighted by molar-refractivity contribution is -0.143. The maximum atomic E-state index is 14.3. The quantitative estimate of drug-likeness (QED) is 0.152. The maximum Gasteiger partial charge on any atom is 0.399 e. The minimum Gasteiger partial charge on any atom is -0.394 e. The Hall–Kier alpha value is -3.75. The van der Waals surface area contributed by atoms with Crippen molar-refractivity contribution in [1.82, 2.24) is 25.5 Å². The van der Waals surface area contributed by atoms with Gasteiger partial charge < -0.3 is 35.4 Å². The van der Waals surface area contributed by atoms with E-state index in [2.05, 4.69) is 20.6 Å². The zero-order valence-corrected chi connectivity index (χ0v) is 26.1. The van der Waals surface area contributed by atoms with Crippen molar-refractivity contribution < 1.29 is 42.6 Å². The largest absolute Gasteiger partial charge is 0.399 e. The topological polar surface area (TPSA) is 185 Å². The second kappa shape index (κ2) is 12.5. The minimum atomic E-state index is -5.77. The third-order valence-corrected chi connectivity index (χ3v) is 10.9. The molecule has 0 bridgehead atoms. The van der Waals surface area contributed by atoms with Crippen molar-refractivity contribution in [1.29, 1.82) is 0 Å². The Labute approximate surface area is 265 Å². The number of aromatic amines is 1. The van der Waals surface area contributed by atoms with Crippen LogP contribution < -0.4 is 10.6 Å². The molecule has 0 radical (unpaired) electrons. The molecular formula is C30H32F2N5O7PS. The van der Waals surface area contributed by atoms with Crippen molar-refractivity contribution in [3.63, 3.8) is 0 Å². The molecule has 0 aliphatic carbocycles. The number of aromatic nitrogens is 2. The molecule has 3 amide bonds. The van der Waals surface area contributed by atoms with Crippen LogP contribution in [0.2, 0.25) is 0 Å². The van der Waals surface area contributed by atoms with Crippen molar-refractivity contribution in [3.8, 4) is 0 Å². The number of aliphatic hydroxyl groups excluding tert-OH is 1. The number of alkyl halides is 2. The van der Waals surface area contributed by atoms with E-state index in [-0.39, 0.29) is 22.9 Å².